The SMILES string of the molecule is CCN(CC)C(=O)C(C)Sc1nnc(COc2ccc(F)cc2)n1N. The molecule has 136 valence electrons. The Labute approximate surface area is 150 Å². The molecule has 0 spiro atoms. The molecule has 1 aromatic heterocycles. The van der Waals surface area contributed by atoms with E-state index in [0.717, 1.165) is 0 Å². The Hall–Kier alpha value is -2.29. The third-order valence-electron chi connectivity index (χ3n) is 3.62. The van der Waals surface area contributed by atoms with Gasteiger partial charge in [-0.1, -0.05) is 11.8 Å². The number of nitrogen functional groups attached to an aromatic ring is 1. The zero-order valence-corrected chi connectivity index (χ0v) is 15.3. The molecule has 9 heteroatoms. The Morgan fingerprint density at radius 1 is 1.32 bits per heavy atom. The van der Waals surface area contributed by atoms with E-state index in [1.807, 2.05) is 20.8 Å². The minimum atomic E-state index is -0.333. The lowest BCUT2D eigenvalue weighted by molar-refractivity contribution is -0.129. The third-order valence-corrected chi connectivity index (χ3v) is 4.67. The largest absolute Gasteiger partial charge is 0.486 e. The lowest BCUT2D eigenvalue weighted by Crippen LogP contribution is -2.36. The van der Waals surface area contributed by atoms with Gasteiger partial charge < -0.3 is 15.5 Å². The molecule has 2 aromatic rings. The molecule has 1 aromatic carbocycles. The normalized spacial score (nSPS) is 12.0. The van der Waals surface area contributed by atoms with Gasteiger partial charge in [-0.25, -0.2) is 9.07 Å². The third kappa shape index (κ3) is 4.85. The minimum absolute atomic E-state index is 0.0297. The summed E-state index contributed by atoms with van der Waals surface area (Å²) in [4.78, 5) is 14.1. The summed E-state index contributed by atoms with van der Waals surface area (Å²) in [5.74, 6) is 6.60. The Kier molecular flexibility index (Phi) is 6.63. The van der Waals surface area contributed by atoms with E-state index < -0.39 is 0 Å². The smallest absolute Gasteiger partial charge is 0.235 e. The number of benzene rings is 1. The van der Waals surface area contributed by atoms with Gasteiger partial charge in [0.1, 0.15) is 18.2 Å². The molecule has 7 nitrogen and oxygen atoms in total. The van der Waals surface area contributed by atoms with E-state index in [4.69, 9.17) is 10.6 Å². The summed E-state index contributed by atoms with van der Waals surface area (Å²) in [7, 11) is 0. The fourth-order valence-corrected chi connectivity index (χ4v) is 3.04. The van der Waals surface area contributed by atoms with Gasteiger partial charge in [-0.05, 0) is 45.0 Å². The average molecular weight is 367 g/mol. The number of ether oxygens (including phenoxy) is 1. The van der Waals surface area contributed by atoms with Crippen molar-refractivity contribution in [3.63, 3.8) is 0 Å². The van der Waals surface area contributed by atoms with E-state index in [2.05, 4.69) is 10.2 Å². The van der Waals surface area contributed by atoms with Gasteiger partial charge in [-0.2, -0.15) is 0 Å². The molecular weight excluding hydrogens is 345 g/mol. The zero-order chi connectivity index (χ0) is 18.4. The van der Waals surface area contributed by atoms with Crippen LogP contribution < -0.4 is 10.6 Å². The van der Waals surface area contributed by atoms with E-state index in [9.17, 15) is 9.18 Å². The Morgan fingerprint density at radius 3 is 2.56 bits per heavy atom. The van der Waals surface area contributed by atoms with E-state index in [-0.39, 0.29) is 23.6 Å². The van der Waals surface area contributed by atoms with Gasteiger partial charge in [-0.3, -0.25) is 4.79 Å². The highest BCUT2D eigenvalue weighted by molar-refractivity contribution is 8.00. The number of thioether (sulfide) groups is 1. The quantitative estimate of drug-likeness (QED) is 0.568. The Bertz CT molecular complexity index is 703. The van der Waals surface area contributed by atoms with Crippen molar-refractivity contribution in [3.05, 3.63) is 35.9 Å². The fraction of sp³-hybridized carbons (Fsp3) is 0.438. The summed E-state index contributed by atoms with van der Waals surface area (Å²) in [6, 6.07) is 5.66. The number of nitrogens with zero attached hydrogens (tertiary/aromatic N) is 4. The molecular formula is C16H22FN5O2S. The summed E-state index contributed by atoms with van der Waals surface area (Å²) in [5.41, 5.74) is 0. The summed E-state index contributed by atoms with van der Waals surface area (Å²) in [5, 5.41) is 8.12. The van der Waals surface area contributed by atoms with Gasteiger partial charge >= 0.3 is 0 Å². The molecule has 0 saturated carbocycles. The van der Waals surface area contributed by atoms with Crippen LogP contribution in [0.4, 0.5) is 4.39 Å². The van der Waals surface area contributed by atoms with Gasteiger partial charge in [-0.15, -0.1) is 10.2 Å². The molecule has 0 aliphatic rings. The van der Waals surface area contributed by atoms with E-state index in [1.165, 1.54) is 40.7 Å². The summed E-state index contributed by atoms with van der Waals surface area (Å²) >= 11 is 1.25. The van der Waals surface area contributed by atoms with Crippen molar-refractivity contribution in [1.29, 1.82) is 0 Å². The van der Waals surface area contributed by atoms with Crippen LogP contribution in [-0.2, 0) is 11.4 Å². The predicted molar refractivity (Wildman–Crippen MR) is 94.2 cm³/mol. The molecule has 2 rings (SSSR count). The average Bonchev–Trinajstić information content (AvgIpc) is 2.95. The van der Waals surface area contributed by atoms with Crippen molar-refractivity contribution in [2.24, 2.45) is 0 Å². The highest BCUT2D eigenvalue weighted by Gasteiger charge is 2.22. The van der Waals surface area contributed by atoms with Crippen LogP contribution in [0.5, 0.6) is 5.75 Å². The first-order valence-corrected chi connectivity index (χ1v) is 8.87. The summed E-state index contributed by atoms with van der Waals surface area (Å²) in [6.45, 7) is 7.10. The number of carbonyl (C=O) groups excluding carboxylic acids is 1. The van der Waals surface area contributed by atoms with Crippen molar-refractivity contribution in [1.82, 2.24) is 19.8 Å². The van der Waals surface area contributed by atoms with Crippen molar-refractivity contribution < 1.29 is 13.9 Å². The van der Waals surface area contributed by atoms with Crippen LogP contribution in [-0.4, -0.2) is 44.0 Å². The maximum Gasteiger partial charge on any atom is 0.235 e. The van der Waals surface area contributed by atoms with Crippen LogP contribution in [0.2, 0.25) is 0 Å². The fourth-order valence-electron chi connectivity index (χ4n) is 2.17. The number of nitrogens with two attached hydrogens (primary N) is 1. The predicted octanol–water partition coefficient (Wildman–Crippen LogP) is 2.06. The van der Waals surface area contributed by atoms with Gasteiger partial charge in [0.15, 0.2) is 5.82 Å². The second kappa shape index (κ2) is 8.70. The molecule has 1 unspecified atom stereocenters. The topological polar surface area (TPSA) is 86.3 Å². The number of hydrogen-bond donors (Lipinski definition) is 1. The molecule has 2 N–H and O–H groups in total. The number of halogens is 1. The molecule has 0 fully saturated rings. The first kappa shape index (κ1) is 19.0. The van der Waals surface area contributed by atoms with Crippen molar-refractivity contribution in [2.45, 2.75) is 37.8 Å². The lowest BCUT2D eigenvalue weighted by Gasteiger charge is -2.22. The van der Waals surface area contributed by atoms with E-state index >= 15 is 0 Å². The van der Waals surface area contributed by atoms with Gasteiger partial charge in [0.05, 0.1) is 5.25 Å². The lowest BCUT2D eigenvalue weighted by atomic mass is 10.3. The maximum absolute atomic E-state index is 12.9. The second-order valence-corrected chi connectivity index (χ2v) is 6.59. The molecule has 25 heavy (non-hydrogen) atoms. The summed E-state index contributed by atoms with van der Waals surface area (Å²) < 4.78 is 19.7. The zero-order valence-electron chi connectivity index (χ0n) is 14.5. The van der Waals surface area contributed by atoms with Crippen molar-refractivity contribution in [2.75, 3.05) is 18.9 Å². The molecule has 0 bridgehead atoms. The van der Waals surface area contributed by atoms with E-state index in [1.54, 1.807) is 4.90 Å². The number of aromatic nitrogens is 3. The van der Waals surface area contributed by atoms with Gasteiger partial charge in [0.2, 0.25) is 11.1 Å². The highest BCUT2D eigenvalue weighted by Crippen LogP contribution is 2.22. The first-order chi connectivity index (χ1) is 12.0. The van der Waals surface area contributed by atoms with Crippen LogP contribution in [0.15, 0.2) is 29.4 Å². The first-order valence-electron chi connectivity index (χ1n) is 7.99. The molecule has 0 saturated heterocycles. The van der Waals surface area contributed by atoms with Crippen LogP contribution in [0.3, 0.4) is 0 Å². The molecule has 0 radical (unpaired) electrons. The van der Waals surface area contributed by atoms with Crippen LogP contribution in [0.25, 0.3) is 0 Å². The van der Waals surface area contributed by atoms with Crippen LogP contribution >= 0.6 is 11.8 Å². The standard InChI is InChI=1S/C16H22FN5O2S/c1-4-21(5-2)15(23)11(3)25-16-20-19-14(22(16)18)10-24-13-8-6-12(17)7-9-13/h6-9,11H,4-5,10,18H2,1-3H3. The maximum atomic E-state index is 12.9. The van der Waals surface area contributed by atoms with E-state index in [0.29, 0.717) is 29.8 Å². The van der Waals surface area contributed by atoms with Crippen molar-refractivity contribution in [3.8, 4) is 5.75 Å². The monoisotopic (exact) mass is 367 g/mol. The molecule has 0 aliphatic carbocycles. The van der Waals surface area contributed by atoms with Crippen molar-refractivity contribution >= 4 is 17.7 Å². The molecule has 0 aliphatic heterocycles. The summed E-state index contributed by atoms with van der Waals surface area (Å²) in [6.07, 6.45) is 0. The minimum Gasteiger partial charge on any atom is -0.486 e. The van der Waals surface area contributed by atoms with Crippen LogP contribution in [0.1, 0.15) is 26.6 Å². The van der Waals surface area contributed by atoms with Gasteiger partial charge in [0, 0.05) is 13.1 Å². The molecule has 1 atom stereocenters. The molecule has 1 heterocycles. The second-order valence-electron chi connectivity index (χ2n) is 5.28. The molecule has 1 amide bonds. The highest BCUT2D eigenvalue weighted by atomic mass is 32.2. The Balaban J connectivity index is 1.98. The van der Waals surface area contributed by atoms with Crippen LogP contribution in [0, 0.1) is 5.82 Å². The number of rotatable bonds is 8. The van der Waals surface area contributed by atoms with Gasteiger partial charge in [0.25, 0.3) is 0 Å². The Morgan fingerprint density at radius 2 is 1.96 bits per heavy atom. The number of hydrogen-bond acceptors (Lipinski definition) is 6. The number of amides is 1. The number of carbonyl (C=O) groups is 1.